The van der Waals surface area contributed by atoms with E-state index in [1.54, 1.807) is 4.90 Å². The van der Waals surface area contributed by atoms with Gasteiger partial charge in [0.2, 0.25) is 0 Å². The second-order valence-corrected chi connectivity index (χ2v) is 6.57. The van der Waals surface area contributed by atoms with Gasteiger partial charge in [-0.3, -0.25) is 4.79 Å². The average Bonchev–Trinajstić information content (AvgIpc) is 2.66. The molecule has 1 amide bonds. The highest BCUT2D eigenvalue weighted by atomic mass is 16.6. The van der Waals surface area contributed by atoms with E-state index >= 15 is 0 Å². The van der Waals surface area contributed by atoms with E-state index in [-0.39, 0.29) is 36.0 Å². The van der Waals surface area contributed by atoms with Crippen LogP contribution in [-0.2, 0) is 20.9 Å². The molecule has 1 aromatic rings. The van der Waals surface area contributed by atoms with Gasteiger partial charge in [0.15, 0.2) is 0 Å². The summed E-state index contributed by atoms with van der Waals surface area (Å²) in [6, 6.07) is 9.29. The summed E-state index contributed by atoms with van der Waals surface area (Å²) < 4.78 is 10.4. The molecule has 4 rings (SSSR count). The van der Waals surface area contributed by atoms with Gasteiger partial charge in [0.25, 0.3) is 0 Å². The van der Waals surface area contributed by atoms with Crippen LogP contribution in [0.4, 0.5) is 4.79 Å². The Balaban J connectivity index is 1.74. The largest absolute Gasteiger partial charge is 0.469 e. The number of fused-ring (bicyclic) bond motifs is 2. The van der Waals surface area contributed by atoms with Crippen LogP contribution in [0, 0.1) is 11.3 Å². The van der Waals surface area contributed by atoms with Crippen molar-refractivity contribution < 1.29 is 19.1 Å². The van der Waals surface area contributed by atoms with Crippen LogP contribution in [0.25, 0.3) is 0 Å². The molecule has 1 saturated heterocycles. The topological polar surface area (TPSA) is 55.8 Å². The van der Waals surface area contributed by atoms with Gasteiger partial charge in [0, 0.05) is 12.0 Å². The molecule has 2 heterocycles. The van der Waals surface area contributed by atoms with Crippen molar-refractivity contribution in [3.05, 3.63) is 48.0 Å². The summed E-state index contributed by atoms with van der Waals surface area (Å²) in [5.74, 6) is -0.583. The van der Waals surface area contributed by atoms with Crippen molar-refractivity contribution in [3.63, 3.8) is 0 Å². The van der Waals surface area contributed by atoms with Crippen LogP contribution in [-0.4, -0.2) is 36.7 Å². The lowest BCUT2D eigenvalue weighted by molar-refractivity contribution is -0.151. The predicted molar refractivity (Wildman–Crippen MR) is 89.1 cm³/mol. The highest BCUT2D eigenvalue weighted by molar-refractivity contribution is 5.77. The number of nitrogens with zero attached hydrogens (tertiary/aromatic N) is 1. The lowest BCUT2D eigenvalue weighted by atomic mass is 9.66. The molecule has 3 unspecified atom stereocenters. The maximum absolute atomic E-state index is 12.6. The molecule has 0 spiro atoms. The summed E-state index contributed by atoms with van der Waals surface area (Å²) in [4.78, 5) is 26.4. The fraction of sp³-hybridized carbons (Fsp3) is 0.474. The number of piperidine rings is 1. The summed E-state index contributed by atoms with van der Waals surface area (Å²) in [5, 5.41) is 0. The van der Waals surface area contributed by atoms with Crippen LogP contribution in [0.2, 0.25) is 0 Å². The lowest BCUT2D eigenvalue weighted by Crippen LogP contribution is -2.59. The fourth-order valence-electron chi connectivity index (χ4n) is 3.68. The van der Waals surface area contributed by atoms with Gasteiger partial charge in [-0.25, -0.2) is 4.79 Å². The summed E-state index contributed by atoms with van der Waals surface area (Å²) in [7, 11) is 1.39. The minimum absolute atomic E-state index is 0.167. The summed E-state index contributed by atoms with van der Waals surface area (Å²) in [5.41, 5.74) is 0.776. The van der Waals surface area contributed by atoms with E-state index in [1.807, 2.05) is 36.4 Å². The highest BCUT2D eigenvalue weighted by Gasteiger charge is 2.50. The quantitative estimate of drug-likeness (QED) is 0.629. The van der Waals surface area contributed by atoms with Crippen molar-refractivity contribution in [1.82, 2.24) is 4.90 Å². The zero-order chi connectivity index (χ0) is 17.2. The van der Waals surface area contributed by atoms with Crippen molar-refractivity contribution in [2.75, 3.05) is 13.7 Å². The Morgan fingerprint density at radius 2 is 2.04 bits per heavy atom. The highest BCUT2D eigenvalue weighted by Crippen LogP contribution is 2.45. The number of hydrogen-bond donors (Lipinski definition) is 0. The molecule has 5 nitrogen and oxygen atoms in total. The number of carbonyl (C=O) groups excluding carboxylic acids is 2. The smallest absolute Gasteiger partial charge is 0.410 e. The number of carbonyl (C=O) groups is 2. The van der Waals surface area contributed by atoms with Crippen LogP contribution in [0.1, 0.15) is 25.3 Å². The van der Waals surface area contributed by atoms with Crippen LogP contribution in [0.5, 0.6) is 0 Å². The minimum atomic E-state index is -0.375. The standard InChI is InChI=1S/C19H23NO4/c1-3-19-10-9-16(15(11-19)17(21)23-2)20(13-19)18(22)24-12-14-7-5-4-6-8-14/h4-10,15-16H,3,11-13H2,1-2H3. The monoisotopic (exact) mass is 329 g/mol. The molecule has 128 valence electrons. The first-order valence-electron chi connectivity index (χ1n) is 8.33. The third-order valence-electron chi connectivity index (χ3n) is 5.18. The van der Waals surface area contributed by atoms with Crippen LogP contribution < -0.4 is 0 Å². The molecule has 2 bridgehead atoms. The van der Waals surface area contributed by atoms with Gasteiger partial charge in [-0.2, -0.15) is 0 Å². The van der Waals surface area contributed by atoms with E-state index in [2.05, 4.69) is 13.0 Å². The second kappa shape index (κ2) is 6.67. The molecule has 3 atom stereocenters. The fourth-order valence-corrected chi connectivity index (χ4v) is 3.68. The first-order valence-corrected chi connectivity index (χ1v) is 8.33. The molecule has 3 aliphatic rings. The van der Waals surface area contributed by atoms with E-state index in [0.717, 1.165) is 18.4 Å². The van der Waals surface area contributed by atoms with Gasteiger partial charge in [-0.1, -0.05) is 49.4 Å². The van der Waals surface area contributed by atoms with E-state index in [9.17, 15) is 9.59 Å². The third-order valence-corrected chi connectivity index (χ3v) is 5.18. The van der Waals surface area contributed by atoms with Gasteiger partial charge in [-0.05, 0) is 18.4 Å². The van der Waals surface area contributed by atoms with Crippen molar-refractivity contribution in [2.45, 2.75) is 32.4 Å². The van der Waals surface area contributed by atoms with Gasteiger partial charge < -0.3 is 14.4 Å². The van der Waals surface area contributed by atoms with Gasteiger partial charge >= 0.3 is 12.1 Å². The Morgan fingerprint density at radius 3 is 2.71 bits per heavy atom. The number of rotatable bonds is 4. The molecule has 5 heteroatoms. The average molecular weight is 329 g/mol. The number of benzene rings is 1. The third kappa shape index (κ3) is 3.03. The molecule has 1 aliphatic carbocycles. The Labute approximate surface area is 142 Å². The van der Waals surface area contributed by atoms with E-state index in [0.29, 0.717) is 6.54 Å². The van der Waals surface area contributed by atoms with Gasteiger partial charge in [-0.15, -0.1) is 0 Å². The first kappa shape index (κ1) is 16.6. The van der Waals surface area contributed by atoms with Crippen molar-refractivity contribution >= 4 is 12.1 Å². The lowest BCUT2D eigenvalue weighted by Gasteiger charge is -2.51. The van der Waals surface area contributed by atoms with E-state index in [1.165, 1.54) is 7.11 Å². The number of methoxy groups -OCH3 is 1. The second-order valence-electron chi connectivity index (χ2n) is 6.57. The van der Waals surface area contributed by atoms with Crippen molar-refractivity contribution in [2.24, 2.45) is 11.3 Å². The molecule has 1 fully saturated rings. The Hall–Kier alpha value is -2.30. The van der Waals surface area contributed by atoms with Crippen LogP contribution >= 0.6 is 0 Å². The number of hydrogen-bond acceptors (Lipinski definition) is 4. The zero-order valence-corrected chi connectivity index (χ0v) is 14.1. The summed E-state index contributed by atoms with van der Waals surface area (Å²) in [6.45, 7) is 2.90. The molecular formula is C19H23NO4. The maximum atomic E-state index is 12.6. The summed E-state index contributed by atoms with van der Waals surface area (Å²) >= 11 is 0. The Bertz CT molecular complexity index is 642. The molecule has 2 aliphatic heterocycles. The number of amides is 1. The molecule has 0 saturated carbocycles. The van der Waals surface area contributed by atoms with Gasteiger partial charge in [0.1, 0.15) is 6.61 Å². The normalized spacial score (nSPS) is 27.8. The zero-order valence-electron chi connectivity index (χ0n) is 14.1. The first-order chi connectivity index (χ1) is 11.6. The number of ether oxygens (including phenoxy) is 2. The van der Waals surface area contributed by atoms with Crippen molar-refractivity contribution in [3.8, 4) is 0 Å². The van der Waals surface area contributed by atoms with Gasteiger partial charge in [0.05, 0.1) is 19.1 Å². The van der Waals surface area contributed by atoms with Crippen LogP contribution in [0.3, 0.4) is 0 Å². The predicted octanol–water partition coefficient (Wildman–Crippen LogP) is 3.15. The minimum Gasteiger partial charge on any atom is -0.469 e. The molecule has 0 N–H and O–H groups in total. The Kier molecular flexibility index (Phi) is 4.60. The van der Waals surface area contributed by atoms with Crippen molar-refractivity contribution in [1.29, 1.82) is 0 Å². The summed E-state index contributed by atoms with van der Waals surface area (Å²) in [6.07, 6.45) is 5.32. The molecule has 0 aromatic heterocycles. The number of esters is 1. The van der Waals surface area contributed by atoms with E-state index < -0.39 is 0 Å². The molecule has 24 heavy (non-hydrogen) atoms. The SMILES string of the molecule is CCC12C=CC(C(C(=O)OC)C1)N(C(=O)OCc1ccccc1)C2. The Morgan fingerprint density at radius 1 is 1.29 bits per heavy atom. The van der Waals surface area contributed by atoms with E-state index in [4.69, 9.17) is 9.47 Å². The molecule has 0 radical (unpaired) electrons. The van der Waals surface area contributed by atoms with Crippen LogP contribution in [0.15, 0.2) is 42.5 Å². The molecular weight excluding hydrogens is 306 g/mol. The maximum Gasteiger partial charge on any atom is 0.410 e. The molecule has 1 aromatic carbocycles.